The molecule has 1 aromatic carbocycles. The van der Waals surface area contributed by atoms with E-state index in [1.165, 1.54) is 0 Å². The first kappa shape index (κ1) is 10.9. The van der Waals surface area contributed by atoms with Crippen molar-refractivity contribution in [2.45, 2.75) is 20.0 Å². The van der Waals surface area contributed by atoms with Crippen LogP contribution >= 0.6 is 0 Å². The number of aromatic nitrogens is 1. The van der Waals surface area contributed by atoms with E-state index in [9.17, 15) is 5.11 Å². The molecule has 0 amide bonds. The second-order valence-electron chi connectivity index (χ2n) is 3.89. The number of fused-ring (bicyclic) bond motifs is 1. The quantitative estimate of drug-likeness (QED) is 0.840. The maximum absolute atomic E-state index is 9.70. The van der Waals surface area contributed by atoms with Gasteiger partial charge in [-0.3, -0.25) is 4.98 Å². The number of hydrogen-bond donors (Lipinski definition) is 1. The number of aryl methyl sites for hydroxylation is 1. The number of aliphatic hydroxyl groups excluding tert-OH is 1. The first-order valence-electron chi connectivity index (χ1n) is 5.26. The average Bonchev–Trinajstić information content (AvgIpc) is 2.26. The molecule has 1 aromatic heterocycles. The highest BCUT2D eigenvalue weighted by atomic mass is 16.5. The van der Waals surface area contributed by atoms with Crippen LogP contribution in [0.1, 0.15) is 24.3 Å². The van der Waals surface area contributed by atoms with Crippen LogP contribution in [0.15, 0.2) is 24.3 Å². The fraction of sp³-hybridized carbons (Fsp3) is 0.308. The molecule has 0 aliphatic heterocycles. The van der Waals surface area contributed by atoms with Gasteiger partial charge in [-0.05, 0) is 19.9 Å². The molecule has 0 fully saturated rings. The summed E-state index contributed by atoms with van der Waals surface area (Å²) in [5, 5.41) is 10.6. The number of para-hydroxylation sites is 1. The highest BCUT2D eigenvalue weighted by Gasteiger charge is 2.11. The van der Waals surface area contributed by atoms with E-state index in [4.69, 9.17) is 4.74 Å². The first-order valence-corrected chi connectivity index (χ1v) is 5.26. The number of pyridine rings is 1. The molecule has 0 radical (unpaired) electrons. The summed E-state index contributed by atoms with van der Waals surface area (Å²) in [6, 6.07) is 7.64. The number of benzene rings is 1. The van der Waals surface area contributed by atoms with E-state index in [0.29, 0.717) is 0 Å². The van der Waals surface area contributed by atoms with Crippen molar-refractivity contribution >= 4 is 10.9 Å². The van der Waals surface area contributed by atoms with Crippen LogP contribution in [-0.4, -0.2) is 17.2 Å². The molecule has 0 saturated carbocycles. The minimum Gasteiger partial charge on any atom is -0.496 e. The van der Waals surface area contributed by atoms with Crippen LogP contribution in [0.2, 0.25) is 0 Å². The molecule has 1 atom stereocenters. The fourth-order valence-electron chi connectivity index (χ4n) is 1.87. The monoisotopic (exact) mass is 217 g/mol. The summed E-state index contributed by atoms with van der Waals surface area (Å²) in [6.45, 7) is 3.66. The smallest absolute Gasteiger partial charge is 0.130 e. The van der Waals surface area contributed by atoms with Crippen molar-refractivity contribution in [1.82, 2.24) is 4.98 Å². The molecule has 0 bridgehead atoms. The van der Waals surface area contributed by atoms with Gasteiger partial charge >= 0.3 is 0 Å². The minimum absolute atomic E-state index is 0.525. The normalized spacial score (nSPS) is 12.8. The molecule has 2 rings (SSSR count). The van der Waals surface area contributed by atoms with E-state index in [0.717, 1.165) is 27.9 Å². The number of methoxy groups -OCH3 is 1. The van der Waals surface area contributed by atoms with Gasteiger partial charge in [0.1, 0.15) is 5.75 Å². The zero-order valence-corrected chi connectivity index (χ0v) is 9.69. The van der Waals surface area contributed by atoms with E-state index in [-0.39, 0.29) is 0 Å². The van der Waals surface area contributed by atoms with Crippen molar-refractivity contribution in [2.24, 2.45) is 0 Å². The van der Waals surface area contributed by atoms with Crippen LogP contribution in [0.4, 0.5) is 0 Å². The van der Waals surface area contributed by atoms with Crippen molar-refractivity contribution in [3.05, 3.63) is 35.5 Å². The molecular formula is C13H15NO2. The van der Waals surface area contributed by atoms with Crippen molar-refractivity contribution in [3.8, 4) is 5.75 Å². The van der Waals surface area contributed by atoms with Gasteiger partial charge in [0.2, 0.25) is 0 Å². The van der Waals surface area contributed by atoms with Gasteiger partial charge in [0.05, 0.1) is 18.7 Å². The van der Waals surface area contributed by atoms with E-state index in [1.54, 1.807) is 14.0 Å². The fourth-order valence-corrected chi connectivity index (χ4v) is 1.87. The summed E-state index contributed by atoms with van der Waals surface area (Å²) in [4.78, 5) is 4.47. The Hall–Kier alpha value is -1.61. The highest BCUT2D eigenvalue weighted by molar-refractivity contribution is 5.88. The topological polar surface area (TPSA) is 42.4 Å². The highest BCUT2D eigenvalue weighted by Crippen LogP contribution is 2.29. The SMILES string of the molecule is COc1cc(C)nc2c(C(C)O)cccc12. The number of aliphatic hydroxyl groups is 1. The average molecular weight is 217 g/mol. The molecule has 3 nitrogen and oxygen atoms in total. The Kier molecular flexibility index (Phi) is 2.79. The molecule has 0 saturated heterocycles. The minimum atomic E-state index is -0.525. The maximum Gasteiger partial charge on any atom is 0.130 e. The molecule has 1 heterocycles. The molecule has 84 valence electrons. The Balaban J connectivity index is 2.82. The maximum atomic E-state index is 9.70. The Morgan fingerprint density at radius 1 is 1.38 bits per heavy atom. The molecule has 0 aliphatic rings. The van der Waals surface area contributed by atoms with E-state index in [1.807, 2.05) is 31.2 Å². The molecular weight excluding hydrogens is 202 g/mol. The largest absolute Gasteiger partial charge is 0.496 e. The third-order valence-corrected chi connectivity index (χ3v) is 2.63. The van der Waals surface area contributed by atoms with Crippen LogP contribution in [-0.2, 0) is 0 Å². The lowest BCUT2D eigenvalue weighted by Crippen LogP contribution is -1.97. The van der Waals surface area contributed by atoms with Gasteiger partial charge in [0.15, 0.2) is 0 Å². The number of ether oxygens (including phenoxy) is 1. The zero-order valence-electron chi connectivity index (χ0n) is 9.69. The van der Waals surface area contributed by atoms with Crippen molar-refractivity contribution in [3.63, 3.8) is 0 Å². The standard InChI is InChI=1S/C13H15NO2/c1-8-7-12(16-3)11-6-4-5-10(9(2)15)13(11)14-8/h4-7,9,15H,1-3H3. The van der Waals surface area contributed by atoms with E-state index < -0.39 is 6.10 Å². The van der Waals surface area contributed by atoms with Crippen LogP contribution in [0.3, 0.4) is 0 Å². The van der Waals surface area contributed by atoms with Crippen LogP contribution in [0.5, 0.6) is 5.75 Å². The molecule has 16 heavy (non-hydrogen) atoms. The Bertz CT molecular complexity index is 521. The Morgan fingerprint density at radius 3 is 2.75 bits per heavy atom. The van der Waals surface area contributed by atoms with Gasteiger partial charge in [-0.1, -0.05) is 12.1 Å². The van der Waals surface area contributed by atoms with Gasteiger partial charge in [-0.25, -0.2) is 0 Å². The Morgan fingerprint density at radius 2 is 2.12 bits per heavy atom. The lowest BCUT2D eigenvalue weighted by molar-refractivity contribution is 0.200. The van der Waals surface area contributed by atoms with Crippen LogP contribution < -0.4 is 4.74 Å². The molecule has 1 unspecified atom stereocenters. The van der Waals surface area contributed by atoms with Gasteiger partial charge in [-0.15, -0.1) is 0 Å². The second kappa shape index (κ2) is 4.10. The molecule has 0 spiro atoms. The lowest BCUT2D eigenvalue weighted by atomic mass is 10.0. The van der Waals surface area contributed by atoms with Gasteiger partial charge in [-0.2, -0.15) is 0 Å². The summed E-state index contributed by atoms with van der Waals surface area (Å²) < 4.78 is 5.32. The molecule has 2 aromatic rings. The lowest BCUT2D eigenvalue weighted by Gasteiger charge is -2.11. The Labute approximate surface area is 94.7 Å². The summed E-state index contributed by atoms with van der Waals surface area (Å²) in [7, 11) is 1.64. The van der Waals surface area contributed by atoms with Gasteiger partial charge in [0.25, 0.3) is 0 Å². The number of rotatable bonds is 2. The third-order valence-electron chi connectivity index (χ3n) is 2.63. The predicted molar refractivity (Wildman–Crippen MR) is 63.7 cm³/mol. The van der Waals surface area contributed by atoms with Gasteiger partial charge < -0.3 is 9.84 Å². The van der Waals surface area contributed by atoms with Crippen molar-refractivity contribution in [1.29, 1.82) is 0 Å². The first-order chi connectivity index (χ1) is 7.63. The summed E-state index contributed by atoms with van der Waals surface area (Å²) in [5.74, 6) is 0.796. The third kappa shape index (κ3) is 1.74. The number of hydrogen-bond acceptors (Lipinski definition) is 3. The van der Waals surface area contributed by atoms with E-state index in [2.05, 4.69) is 4.98 Å². The van der Waals surface area contributed by atoms with E-state index >= 15 is 0 Å². The van der Waals surface area contributed by atoms with Crippen LogP contribution in [0.25, 0.3) is 10.9 Å². The van der Waals surface area contributed by atoms with Crippen molar-refractivity contribution < 1.29 is 9.84 Å². The number of nitrogens with zero attached hydrogens (tertiary/aromatic N) is 1. The van der Waals surface area contributed by atoms with Gasteiger partial charge in [0, 0.05) is 22.7 Å². The zero-order chi connectivity index (χ0) is 11.7. The van der Waals surface area contributed by atoms with Crippen molar-refractivity contribution in [2.75, 3.05) is 7.11 Å². The molecule has 3 heteroatoms. The second-order valence-corrected chi connectivity index (χ2v) is 3.89. The predicted octanol–water partition coefficient (Wildman–Crippen LogP) is 2.61. The molecule has 1 N–H and O–H groups in total. The summed E-state index contributed by atoms with van der Waals surface area (Å²) >= 11 is 0. The van der Waals surface area contributed by atoms with Crippen LogP contribution in [0, 0.1) is 6.92 Å². The molecule has 0 aliphatic carbocycles. The summed E-state index contributed by atoms with van der Waals surface area (Å²) in [5.41, 5.74) is 2.53. The summed E-state index contributed by atoms with van der Waals surface area (Å²) in [6.07, 6.45) is -0.525.